The normalized spacial score (nSPS) is 17.5. The van der Waals surface area contributed by atoms with Crippen molar-refractivity contribution in [1.29, 1.82) is 0 Å². The molecule has 1 aliphatic rings. The number of rotatable bonds is 4. The van der Waals surface area contributed by atoms with Crippen molar-refractivity contribution in [3.8, 4) is 5.69 Å². The molecule has 1 N–H and O–H groups in total. The van der Waals surface area contributed by atoms with Crippen molar-refractivity contribution < 1.29 is 4.57 Å². The Bertz CT molecular complexity index is 1410. The van der Waals surface area contributed by atoms with Crippen LogP contribution in [0.2, 0.25) is 0 Å². The second kappa shape index (κ2) is 8.05. The van der Waals surface area contributed by atoms with E-state index in [1.807, 2.05) is 93.7 Å². The van der Waals surface area contributed by atoms with Crippen LogP contribution in [0.25, 0.3) is 5.69 Å². The Morgan fingerprint density at radius 1 is 0.848 bits per heavy atom. The molecule has 0 aliphatic carbocycles. The van der Waals surface area contributed by atoms with E-state index in [4.69, 9.17) is 10.1 Å². The van der Waals surface area contributed by atoms with Crippen LogP contribution >= 0.6 is 7.44 Å². The van der Waals surface area contributed by atoms with Crippen LogP contribution in [-0.4, -0.2) is 27.3 Å². The van der Waals surface area contributed by atoms with Crippen LogP contribution in [0, 0.1) is 20.8 Å². The minimum atomic E-state index is -3.35. The van der Waals surface area contributed by atoms with Crippen LogP contribution in [0.3, 0.4) is 0 Å². The summed E-state index contributed by atoms with van der Waals surface area (Å²) in [5.41, 5.74) is 5.52. The zero-order valence-electron chi connectivity index (χ0n) is 19.1. The molecule has 0 fully saturated rings. The van der Waals surface area contributed by atoms with Crippen molar-refractivity contribution in [1.82, 2.24) is 14.5 Å². The van der Waals surface area contributed by atoms with Crippen LogP contribution in [0.5, 0.6) is 0 Å². The molecule has 5 rings (SSSR count). The van der Waals surface area contributed by atoms with Gasteiger partial charge in [0.15, 0.2) is 5.82 Å². The molecule has 6 nitrogen and oxygen atoms in total. The molecule has 2 heterocycles. The molecule has 1 aromatic heterocycles. The minimum Gasteiger partial charge on any atom is -0.316 e. The van der Waals surface area contributed by atoms with Crippen LogP contribution in [0.4, 0.5) is 11.5 Å². The number of aromatic nitrogens is 2. The fourth-order valence-corrected chi connectivity index (χ4v) is 6.63. The highest BCUT2D eigenvalue weighted by Crippen LogP contribution is 2.54. The van der Waals surface area contributed by atoms with Gasteiger partial charge < -0.3 is 5.09 Å². The van der Waals surface area contributed by atoms with Gasteiger partial charge >= 0.3 is 0 Å². The predicted octanol–water partition coefficient (Wildman–Crippen LogP) is 5.75. The van der Waals surface area contributed by atoms with E-state index in [2.05, 4.69) is 18.1 Å². The third kappa shape index (κ3) is 3.47. The number of hydrogen-bond acceptors (Lipinski definition) is 3. The first-order valence-electron chi connectivity index (χ1n) is 10.9. The summed E-state index contributed by atoms with van der Waals surface area (Å²) in [6.07, 6.45) is 0. The topological polar surface area (TPSA) is 62.5 Å². The Morgan fingerprint density at radius 3 is 2.21 bits per heavy atom. The molecule has 0 amide bonds. The second-order valence-electron chi connectivity index (χ2n) is 8.27. The van der Waals surface area contributed by atoms with E-state index < -0.39 is 7.44 Å². The third-order valence-corrected chi connectivity index (χ3v) is 8.87. The monoisotopic (exact) mass is 455 g/mol. The van der Waals surface area contributed by atoms with E-state index in [9.17, 15) is 4.57 Å². The van der Waals surface area contributed by atoms with Gasteiger partial charge in [0.2, 0.25) is 0 Å². The highest BCUT2D eigenvalue weighted by molar-refractivity contribution is 7.72. The van der Waals surface area contributed by atoms with Crippen LogP contribution < -0.4 is 10.4 Å². The van der Waals surface area contributed by atoms with E-state index in [1.54, 1.807) is 9.35 Å². The largest absolute Gasteiger partial charge is 0.316 e. The molecule has 0 spiro atoms. The van der Waals surface area contributed by atoms with Crippen LogP contribution in [0.1, 0.15) is 22.4 Å². The van der Waals surface area contributed by atoms with E-state index in [0.717, 1.165) is 28.1 Å². The molecule has 0 radical (unpaired) electrons. The van der Waals surface area contributed by atoms with E-state index >= 15 is 0 Å². The number of aryl methyl sites for hydroxylation is 2. The minimum absolute atomic E-state index is 0.594. The van der Waals surface area contributed by atoms with Gasteiger partial charge in [0.25, 0.3) is 7.44 Å². The summed E-state index contributed by atoms with van der Waals surface area (Å²) in [4.78, 5) is 5.00. The SMILES string of the molecule is Cc1cccc(NP2(=O)c3c(C)nn(-c4ccccc4)c3N=C(c3ccccc3)N2C)c1C. The summed E-state index contributed by atoms with van der Waals surface area (Å²) in [5, 5.41) is 8.83. The molecule has 0 saturated heterocycles. The maximum atomic E-state index is 14.9. The van der Waals surface area contributed by atoms with Crippen molar-refractivity contribution in [3.63, 3.8) is 0 Å². The molecule has 1 aliphatic heterocycles. The number of anilines is 1. The Kier molecular flexibility index (Phi) is 5.18. The number of amidine groups is 1. The fraction of sp³-hybridized carbons (Fsp3) is 0.154. The summed E-state index contributed by atoms with van der Waals surface area (Å²) in [5.74, 6) is 1.23. The number of para-hydroxylation sites is 1. The van der Waals surface area contributed by atoms with Crippen molar-refractivity contribution in [2.75, 3.05) is 12.1 Å². The van der Waals surface area contributed by atoms with Gasteiger partial charge in [0.05, 0.1) is 11.4 Å². The number of hydrogen-bond donors (Lipinski definition) is 1. The van der Waals surface area contributed by atoms with Gasteiger partial charge in [-0.1, -0.05) is 60.7 Å². The molecule has 7 heteroatoms. The number of nitrogens with one attached hydrogen (secondary N) is 1. The number of fused-ring (bicyclic) bond motifs is 1. The zero-order chi connectivity index (χ0) is 23.2. The lowest BCUT2D eigenvalue weighted by Crippen LogP contribution is -2.36. The average Bonchev–Trinajstić information content (AvgIpc) is 3.17. The zero-order valence-corrected chi connectivity index (χ0v) is 20.0. The maximum Gasteiger partial charge on any atom is 0.296 e. The molecule has 0 bridgehead atoms. The standard InChI is InChI=1S/C26H26N5OP/c1-18-12-11-17-23(19(18)2)29-33(32)24-20(3)28-31(22-15-9-6-10-16-22)26(24)27-25(30(33)4)21-13-7-5-8-14-21/h5-17H,1-4H3,(H,29,32). The number of benzene rings is 3. The molecule has 33 heavy (non-hydrogen) atoms. The van der Waals surface area contributed by atoms with Crippen molar-refractivity contribution >= 4 is 30.1 Å². The summed E-state index contributed by atoms with van der Waals surface area (Å²) in [7, 11) is -1.51. The number of aliphatic imine (C=N–C) groups is 1. The third-order valence-electron chi connectivity index (χ3n) is 6.16. The molecular formula is C26H26N5OP. The van der Waals surface area contributed by atoms with Gasteiger partial charge in [-0.3, -0.25) is 9.24 Å². The van der Waals surface area contributed by atoms with E-state index in [-0.39, 0.29) is 0 Å². The molecular weight excluding hydrogens is 429 g/mol. The van der Waals surface area contributed by atoms with Gasteiger partial charge in [-0.15, -0.1) is 0 Å². The van der Waals surface area contributed by atoms with E-state index in [0.29, 0.717) is 22.7 Å². The molecule has 1 unspecified atom stereocenters. The highest BCUT2D eigenvalue weighted by atomic mass is 31.2. The quantitative estimate of drug-likeness (QED) is 0.398. The summed E-state index contributed by atoms with van der Waals surface area (Å²) in [6.45, 7) is 6.00. The Balaban J connectivity index is 1.77. The summed E-state index contributed by atoms with van der Waals surface area (Å²) >= 11 is 0. The molecule has 166 valence electrons. The van der Waals surface area contributed by atoms with E-state index in [1.165, 1.54) is 0 Å². The molecule has 3 aromatic carbocycles. The first-order valence-corrected chi connectivity index (χ1v) is 12.5. The average molecular weight is 456 g/mol. The van der Waals surface area contributed by atoms with Crippen molar-refractivity contribution in [2.24, 2.45) is 4.99 Å². The first kappa shape index (κ1) is 21.2. The molecule has 0 saturated carbocycles. The van der Waals surface area contributed by atoms with Gasteiger partial charge in [0.1, 0.15) is 11.1 Å². The Morgan fingerprint density at radius 2 is 1.52 bits per heavy atom. The predicted molar refractivity (Wildman–Crippen MR) is 135 cm³/mol. The van der Waals surface area contributed by atoms with Crippen LogP contribution in [0.15, 0.2) is 83.9 Å². The van der Waals surface area contributed by atoms with Crippen LogP contribution in [-0.2, 0) is 4.57 Å². The molecule has 1 atom stereocenters. The first-order chi connectivity index (χ1) is 15.9. The lowest BCUT2D eigenvalue weighted by molar-refractivity contribution is 0.553. The molecule has 4 aromatic rings. The fourth-order valence-electron chi connectivity index (χ4n) is 4.17. The summed E-state index contributed by atoms with van der Waals surface area (Å²) in [6, 6.07) is 25.7. The second-order valence-corrected chi connectivity index (χ2v) is 10.7. The van der Waals surface area contributed by atoms with Gasteiger partial charge in [-0.25, -0.2) is 9.67 Å². The maximum absolute atomic E-state index is 14.9. The Hall–Kier alpha value is -3.63. The lowest BCUT2D eigenvalue weighted by atomic mass is 10.1. The van der Waals surface area contributed by atoms with Crippen molar-refractivity contribution in [2.45, 2.75) is 20.8 Å². The lowest BCUT2D eigenvalue weighted by Gasteiger charge is -2.35. The number of nitrogens with zero attached hydrogens (tertiary/aromatic N) is 4. The van der Waals surface area contributed by atoms with Crippen molar-refractivity contribution in [3.05, 3.63) is 101 Å². The van der Waals surface area contributed by atoms with Gasteiger partial charge in [-0.05, 0) is 50.1 Å². The smallest absolute Gasteiger partial charge is 0.296 e. The highest BCUT2D eigenvalue weighted by Gasteiger charge is 2.43. The Labute approximate surface area is 194 Å². The van der Waals surface area contributed by atoms with Gasteiger partial charge in [-0.2, -0.15) is 5.10 Å². The summed E-state index contributed by atoms with van der Waals surface area (Å²) < 4.78 is 18.5. The van der Waals surface area contributed by atoms with Gasteiger partial charge in [0, 0.05) is 18.3 Å².